The molecule has 1 N–H and O–H groups in total. The monoisotopic (exact) mass is 193 g/mol. The first-order valence-electron chi connectivity index (χ1n) is 3.91. The highest BCUT2D eigenvalue weighted by molar-refractivity contribution is 6.30. The summed E-state index contributed by atoms with van der Waals surface area (Å²) >= 11 is 5.73. The summed E-state index contributed by atoms with van der Waals surface area (Å²) in [5.41, 5.74) is 0. The zero-order chi connectivity index (χ0) is 9.10. The van der Waals surface area contributed by atoms with Crippen molar-refractivity contribution in [3.05, 3.63) is 47.7 Å². The molecule has 0 unspecified atom stereocenters. The molecule has 0 fully saturated rings. The molecule has 3 heteroatoms. The van der Waals surface area contributed by atoms with Gasteiger partial charge in [0.15, 0.2) is 0 Å². The SMILES string of the molecule is Clc1ccc(Oc2cc[nH]c2)cc1. The van der Waals surface area contributed by atoms with Crippen molar-refractivity contribution in [1.29, 1.82) is 0 Å². The first kappa shape index (κ1) is 8.20. The lowest BCUT2D eigenvalue weighted by Crippen LogP contribution is -1.80. The summed E-state index contributed by atoms with van der Waals surface area (Å²) in [7, 11) is 0. The van der Waals surface area contributed by atoms with Gasteiger partial charge in [0.1, 0.15) is 11.5 Å². The van der Waals surface area contributed by atoms with Crippen LogP contribution in [0.15, 0.2) is 42.7 Å². The van der Waals surface area contributed by atoms with Gasteiger partial charge in [-0.3, -0.25) is 0 Å². The third-order valence-electron chi connectivity index (χ3n) is 1.62. The Morgan fingerprint density at radius 3 is 2.38 bits per heavy atom. The standard InChI is InChI=1S/C10H8ClNO/c11-8-1-3-9(4-2-8)13-10-5-6-12-7-10/h1-7,12H. The lowest BCUT2D eigenvalue weighted by Gasteiger charge is -2.01. The highest BCUT2D eigenvalue weighted by Gasteiger charge is 1.95. The van der Waals surface area contributed by atoms with E-state index in [1.807, 2.05) is 24.4 Å². The average Bonchev–Trinajstić information content (AvgIpc) is 2.62. The Morgan fingerprint density at radius 2 is 1.77 bits per heavy atom. The summed E-state index contributed by atoms with van der Waals surface area (Å²) in [6.07, 6.45) is 3.60. The first-order valence-corrected chi connectivity index (χ1v) is 4.28. The van der Waals surface area contributed by atoms with Gasteiger partial charge in [0.2, 0.25) is 0 Å². The number of halogens is 1. The van der Waals surface area contributed by atoms with Crippen LogP contribution < -0.4 is 4.74 Å². The maximum Gasteiger partial charge on any atom is 0.144 e. The molecule has 1 heterocycles. The molecule has 2 rings (SSSR count). The smallest absolute Gasteiger partial charge is 0.144 e. The zero-order valence-electron chi connectivity index (χ0n) is 6.83. The van der Waals surface area contributed by atoms with Crippen LogP contribution in [-0.2, 0) is 0 Å². The van der Waals surface area contributed by atoms with Crippen LogP contribution in [0.5, 0.6) is 11.5 Å². The Balaban J connectivity index is 2.15. The molecule has 0 spiro atoms. The van der Waals surface area contributed by atoms with Crippen LogP contribution in [0.25, 0.3) is 0 Å². The average molecular weight is 194 g/mol. The van der Waals surface area contributed by atoms with E-state index in [9.17, 15) is 0 Å². The van der Waals surface area contributed by atoms with E-state index in [1.165, 1.54) is 0 Å². The fraction of sp³-hybridized carbons (Fsp3) is 0. The number of H-pyrrole nitrogens is 1. The van der Waals surface area contributed by atoms with Crippen LogP contribution in [0.3, 0.4) is 0 Å². The van der Waals surface area contributed by atoms with Gasteiger partial charge in [0.05, 0.1) is 0 Å². The zero-order valence-corrected chi connectivity index (χ0v) is 7.58. The molecule has 2 aromatic rings. The third-order valence-corrected chi connectivity index (χ3v) is 1.87. The van der Waals surface area contributed by atoms with Gasteiger partial charge in [-0.05, 0) is 30.3 Å². The predicted molar refractivity (Wildman–Crippen MR) is 52.3 cm³/mol. The summed E-state index contributed by atoms with van der Waals surface area (Å²) < 4.78 is 5.48. The largest absolute Gasteiger partial charge is 0.456 e. The maximum absolute atomic E-state index is 5.73. The van der Waals surface area contributed by atoms with Gasteiger partial charge in [-0.25, -0.2) is 0 Å². The lowest BCUT2D eigenvalue weighted by molar-refractivity contribution is 0.483. The minimum Gasteiger partial charge on any atom is -0.456 e. The van der Waals surface area contributed by atoms with Crippen molar-refractivity contribution in [3.63, 3.8) is 0 Å². The second-order valence-electron chi connectivity index (χ2n) is 2.60. The molecule has 0 radical (unpaired) electrons. The number of hydrogen-bond acceptors (Lipinski definition) is 1. The second-order valence-corrected chi connectivity index (χ2v) is 3.04. The molecule has 0 bridgehead atoms. The van der Waals surface area contributed by atoms with E-state index in [1.54, 1.807) is 18.3 Å². The molecular formula is C10H8ClNO. The molecule has 2 nitrogen and oxygen atoms in total. The summed E-state index contributed by atoms with van der Waals surface area (Å²) in [4.78, 5) is 2.91. The highest BCUT2D eigenvalue weighted by atomic mass is 35.5. The third kappa shape index (κ3) is 2.04. The molecule has 1 aromatic heterocycles. The topological polar surface area (TPSA) is 25.0 Å². The van der Waals surface area contributed by atoms with Gasteiger partial charge in [-0.2, -0.15) is 0 Å². The number of nitrogens with one attached hydrogen (secondary N) is 1. The Labute approximate surface area is 81.1 Å². The molecule has 0 aliphatic heterocycles. The molecule has 0 amide bonds. The van der Waals surface area contributed by atoms with Gasteiger partial charge in [0, 0.05) is 17.4 Å². The van der Waals surface area contributed by atoms with E-state index in [-0.39, 0.29) is 0 Å². The van der Waals surface area contributed by atoms with Gasteiger partial charge in [-0.1, -0.05) is 11.6 Å². The first-order chi connectivity index (χ1) is 6.34. The number of rotatable bonds is 2. The fourth-order valence-electron chi connectivity index (χ4n) is 1.01. The molecule has 0 aliphatic carbocycles. The van der Waals surface area contributed by atoms with Crippen LogP contribution in [0.1, 0.15) is 0 Å². The summed E-state index contributed by atoms with van der Waals surface area (Å²) in [6, 6.07) is 9.10. The Kier molecular flexibility index (Phi) is 2.23. The molecule has 0 saturated heterocycles. The van der Waals surface area contributed by atoms with Gasteiger partial charge < -0.3 is 9.72 Å². The molecule has 0 aliphatic rings. The molecule has 0 saturated carbocycles. The normalized spacial score (nSPS) is 9.92. The van der Waals surface area contributed by atoms with Crippen molar-refractivity contribution < 1.29 is 4.74 Å². The van der Waals surface area contributed by atoms with E-state index in [4.69, 9.17) is 16.3 Å². The fourth-order valence-corrected chi connectivity index (χ4v) is 1.14. The van der Waals surface area contributed by atoms with E-state index in [0.717, 1.165) is 11.5 Å². The van der Waals surface area contributed by atoms with Crippen molar-refractivity contribution >= 4 is 11.6 Å². The quantitative estimate of drug-likeness (QED) is 0.777. The van der Waals surface area contributed by atoms with Crippen LogP contribution in [0.4, 0.5) is 0 Å². The number of benzene rings is 1. The number of ether oxygens (including phenoxy) is 1. The summed E-state index contributed by atoms with van der Waals surface area (Å²) in [5, 5.41) is 0.710. The Hall–Kier alpha value is -1.41. The molecular weight excluding hydrogens is 186 g/mol. The minimum absolute atomic E-state index is 0.710. The Bertz CT molecular complexity index is 366. The van der Waals surface area contributed by atoms with E-state index in [0.29, 0.717) is 5.02 Å². The van der Waals surface area contributed by atoms with Gasteiger partial charge >= 0.3 is 0 Å². The van der Waals surface area contributed by atoms with Crippen LogP contribution in [0, 0.1) is 0 Å². The Morgan fingerprint density at radius 1 is 1.00 bits per heavy atom. The van der Waals surface area contributed by atoms with Crippen molar-refractivity contribution in [3.8, 4) is 11.5 Å². The molecule has 1 aromatic carbocycles. The number of hydrogen-bond donors (Lipinski definition) is 1. The van der Waals surface area contributed by atoms with Crippen molar-refractivity contribution in [2.75, 3.05) is 0 Å². The summed E-state index contributed by atoms with van der Waals surface area (Å²) in [6.45, 7) is 0. The molecule has 66 valence electrons. The van der Waals surface area contributed by atoms with E-state index >= 15 is 0 Å². The lowest BCUT2D eigenvalue weighted by atomic mass is 10.3. The van der Waals surface area contributed by atoms with Crippen LogP contribution in [0.2, 0.25) is 5.02 Å². The van der Waals surface area contributed by atoms with Crippen molar-refractivity contribution in [2.24, 2.45) is 0 Å². The van der Waals surface area contributed by atoms with Crippen molar-refractivity contribution in [1.82, 2.24) is 4.98 Å². The minimum atomic E-state index is 0.710. The van der Waals surface area contributed by atoms with Gasteiger partial charge in [-0.15, -0.1) is 0 Å². The highest BCUT2D eigenvalue weighted by Crippen LogP contribution is 2.21. The maximum atomic E-state index is 5.73. The second kappa shape index (κ2) is 3.54. The number of aromatic amines is 1. The van der Waals surface area contributed by atoms with Crippen LogP contribution >= 0.6 is 11.6 Å². The van der Waals surface area contributed by atoms with E-state index < -0.39 is 0 Å². The molecule has 0 atom stereocenters. The number of aromatic nitrogens is 1. The van der Waals surface area contributed by atoms with Crippen LogP contribution in [-0.4, -0.2) is 4.98 Å². The predicted octanol–water partition coefficient (Wildman–Crippen LogP) is 3.46. The van der Waals surface area contributed by atoms with E-state index in [2.05, 4.69) is 4.98 Å². The van der Waals surface area contributed by atoms with Gasteiger partial charge in [0.25, 0.3) is 0 Å². The van der Waals surface area contributed by atoms with Crippen molar-refractivity contribution in [2.45, 2.75) is 0 Å². The summed E-state index contributed by atoms with van der Waals surface area (Å²) in [5.74, 6) is 1.58. The molecule has 13 heavy (non-hydrogen) atoms.